The Morgan fingerprint density at radius 3 is 2.64 bits per heavy atom. The van der Waals surface area contributed by atoms with E-state index in [1.807, 2.05) is 0 Å². The molecule has 9 heteroatoms. The van der Waals surface area contributed by atoms with Crippen molar-refractivity contribution in [2.75, 3.05) is 25.5 Å². The van der Waals surface area contributed by atoms with Gasteiger partial charge in [-0.25, -0.2) is 12.8 Å². The van der Waals surface area contributed by atoms with Crippen molar-refractivity contribution >= 4 is 33.2 Å². The lowest BCUT2D eigenvalue weighted by molar-refractivity contribution is 0.102. The van der Waals surface area contributed by atoms with Crippen LogP contribution in [0.5, 0.6) is 0 Å². The first-order chi connectivity index (χ1) is 11.8. The van der Waals surface area contributed by atoms with Crippen LogP contribution >= 0.6 is 11.6 Å². The number of benzene rings is 2. The maximum Gasteiger partial charge on any atom is 0.255 e. The summed E-state index contributed by atoms with van der Waals surface area (Å²) >= 11 is 5.66. The number of nitrogens with one attached hydrogen (secondary N) is 1. The van der Waals surface area contributed by atoms with Crippen molar-refractivity contribution in [2.45, 2.75) is 4.90 Å². The Hall–Kier alpha value is -2.00. The summed E-state index contributed by atoms with van der Waals surface area (Å²) in [5.41, 5.74) is 0.390. The minimum absolute atomic E-state index is 0.0627. The molecule has 0 aromatic heterocycles. The molecular formula is C16H16ClFN2O4S. The Morgan fingerprint density at radius 1 is 1.28 bits per heavy atom. The molecule has 0 radical (unpaired) electrons. The van der Waals surface area contributed by atoms with E-state index in [0.29, 0.717) is 0 Å². The van der Waals surface area contributed by atoms with Gasteiger partial charge in [-0.1, -0.05) is 17.7 Å². The molecule has 2 rings (SSSR count). The molecule has 134 valence electrons. The third kappa shape index (κ3) is 4.55. The topological polar surface area (TPSA) is 86.7 Å². The first-order valence-electron chi connectivity index (χ1n) is 7.19. The van der Waals surface area contributed by atoms with Gasteiger partial charge < -0.3 is 10.4 Å². The molecule has 6 nitrogen and oxygen atoms in total. The van der Waals surface area contributed by atoms with Gasteiger partial charge in [-0.2, -0.15) is 4.31 Å². The fourth-order valence-corrected chi connectivity index (χ4v) is 3.40. The van der Waals surface area contributed by atoms with Crippen molar-refractivity contribution in [1.29, 1.82) is 0 Å². The van der Waals surface area contributed by atoms with Crippen molar-refractivity contribution in [2.24, 2.45) is 0 Å². The van der Waals surface area contributed by atoms with Crippen LogP contribution in [0.3, 0.4) is 0 Å². The number of aliphatic hydroxyl groups excluding tert-OH is 1. The fraction of sp³-hybridized carbons (Fsp3) is 0.188. The first kappa shape index (κ1) is 19.3. The highest BCUT2D eigenvalue weighted by Gasteiger charge is 2.21. The van der Waals surface area contributed by atoms with Crippen molar-refractivity contribution in [3.05, 3.63) is 58.9 Å². The highest BCUT2D eigenvalue weighted by atomic mass is 35.5. The van der Waals surface area contributed by atoms with Crippen LogP contribution < -0.4 is 5.32 Å². The van der Waals surface area contributed by atoms with E-state index in [4.69, 9.17) is 16.7 Å². The molecular weight excluding hydrogens is 371 g/mol. The van der Waals surface area contributed by atoms with Crippen molar-refractivity contribution < 1.29 is 22.7 Å². The van der Waals surface area contributed by atoms with Crippen LogP contribution in [0.4, 0.5) is 10.1 Å². The lowest BCUT2D eigenvalue weighted by Gasteiger charge is -2.16. The molecule has 0 bridgehead atoms. The van der Waals surface area contributed by atoms with Gasteiger partial charge in [0.25, 0.3) is 5.91 Å². The van der Waals surface area contributed by atoms with Gasteiger partial charge in [0.2, 0.25) is 10.0 Å². The lowest BCUT2D eigenvalue weighted by atomic mass is 10.2. The summed E-state index contributed by atoms with van der Waals surface area (Å²) in [5, 5.41) is 11.3. The third-order valence-corrected chi connectivity index (χ3v) is 5.54. The number of likely N-dealkylation sites (N-methyl/N-ethyl adjacent to an activating group) is 1. The van der Waals surface area contributed by atoms with Crippen LogP contribution in [-0.4, -0.2) is 43.9 Å². The molecule has 1 amide bonds. The Labute approximate surface area is 149 Å². The van der Waals surface area contributed by atoms with Crippen LogP contribution in [0.2, 0.25) is 5.02 Å². The van der Waals surface area contributed by atoms with Gasteiger partial charge in [0.1, 0.15) is 5.82 Å². The summed E-state index contributed by atoms with van der Waals surface area (Å²) in [5.74, 6) is -1.18. The van der Waals surface area contributed by atoms with Gasteiger partial charge in [0.15, 0.2) is 0 Å². The standard InChI is InChI=1S/C16H16ClFN2O4S/c1-20(7-8-21)25(23,24)13-4-2-3-11(9-13)16(22)19-12-5-6-15(18)14(17)10-12/h2-6,9-10,21H,7-8H2,1H3,(H,19,22). The molecule has 2 N–H and O–H groups in total. The van der Waals surface area contributed by atoms with Crippen molar-refractivity contribution in [3.63, 3.8) is 0 Å². The zero-order chi connectivity index (χ0) is 18.6. The number of aliphatic hydroxyl groups is 1. The van der Waals surface area contributed by atoms with Gasteiger partial charge in [-0.05, 0) is 36.4 Å². The average molecular weight is 387 g/mol. The third-order valence-electron chi connectivity index (χ3n) is 3.40. The van der Waals surface area contributed by atoms with Gasteiger partial charge in [0, 0.05) is 24.8 Å². The molecule has 0 atom stereocenters. The zero-order valence-corrected chi connectivity index (χ0v) is 14.8. The quantitative estimate of drug-likeness (QED) is 0.797. The van der Waals surface area contributed by atoms with E-state index in [2.05, 4.69) is 5.32 Å². The minimum Gasteiger partial charge on any atom is -0.395 e. The monoisotopic (exact) mass is 386 g/mol. The summed E-state index contributed by atoms with van der Waals surface area (Å²) in [4.78, 5) is 12.2. The normalized spacial score (nSPS) is 11.6. The Morgan fingerprint density at radius 2 is 2.00 bits per heavy atom. The second-order valence-corrected chi connectivity index (χ2v) is 7.61. The molecule has 2 aromatic carbocycles. The van der Waals surface area contributed by atoms with E-state index in [1.54, 1.807) is 0 Å². The summed E-state index contributed by atoms with van der Waals surface area (Å²) in [6.45, 7) is -0.381. The van der Waals surface area contributed by atoms with Gasteiger partial charge in [-0.15, -0.1) is 0 Å². The molecule has 0 unspecified atom stereocenters. The number of hydrogen-bond acceptors (Lipinski definition) is 4. The number of hydrogen-bond donors (Lipinski definition) is 2. The van der Waals surface area contributed by atoms with E-state index in [1.165, 1.54) is 43.4 Å². The van der Waals surface area contributed by atoms with Gasteiger partial charge in [0.05, 0.1) is 16.5 Å². The minimum atomic E-state index is -3.82. The van der Waals surface area contributed by atoms with Crippen LogP contribution in [0, 0.1) is 5.82 Å². The van der Waals surface area contributed by atoms with E-state index in [0.717, 1.165) is 10.4 Å². The largest absolute Gasteiger partial charge is 0.395 e. The SMILES string of the molecule is CN(CCO)S(=O)(=O)c1cccc(C(=O)Nc2ccc(F)c(Cl)c2)c1. The second-order valence-electron chi connectivity index (χ2n) is 5.16. The number of rotatable bonds is 6. The fourth-order valence-electron chi connectivity index (χ4n) is 2.02. The van der Waals surface area contributed by atoms with Crippen molar-refractivity contribution in [3.8, 4) is 0 Å². The smallest absolute Gasteiger partial charge is 0.255 e. The number of nitrogens with zero attached hydrogens (tertiary/aromatic N) is 1. The summed E-state index contributed by atoms with van der Waals surface area (Å²) in [7, 11) is -2.49. The molecule has 0 aliphatic rings. The Kier molecular flexibility index (Phi) is 6.12. The number of amides is 1. The number of halogens is 2. The van der Waals surface area contributed by atoms with Crippen molar-refractivity contribution in [1.82, 2.24) is 4.31 Å². The van der Waals surface area contributed by atoms with E-state index < -0.39 is 21.7 Å². The number of carbonyl (C=O) groups excluding carboxylic acids is 1. The maximum atomic E-state index is 13.1. The number of anilines is 1. The second kappa shape index (κ2) is 7.92. The summed E-state index contributed by atoms with van der Waals surface area (Å²) in [6, 6.07) is 9.18. The summed E-state index contributed by atoms with van der Waals surface area (Å²) < 4.78 is 38.9. The Balaban J connectivity index is 2.25. The van der Waals surface area contributed by atoms with Crippen LogP contribution in [0.25, 0.3) is 0 Å². The molecule has 0 heterocycles. The van der Waals surface area contributed by atoms with E-state index >= 15 is 0 Å². The van der Waals surface area contributed by atoms with Crippen LogP contribution in [0.1, 0.15) is 10.4 Å². The maximum absolute atomic E-state index is 13.1. The van der Waals surface area contributed by atoms with Gasteiger partial charge >= 0.3 is 0 Å². The van der Waals surface area contributed by atoms with E-state index in [-0.39, 0.29) is 34.3 Å². The number of sulfonamides is 1. The first-order valence-corrected chi connectivity index (χ1v) is 9.01. The molecule has 2 aromatic rings. The highest BCUT2D eigenvalue weighted by Crippen LogP contribution is 2.21. The molecule has 0 saturated carbocycles. The molecule has 25 heavy (non-hydrogen) atoms. The van der Waals surface area contributed by atoms with Crippen LogP contribution in [-0.2, 0) is 10.0 Å². The molecule has 0 fully saturated rings. The molecule has 0 saturated heterocycles. The number of carbonyl (C=O) groups is 1. The Bertz CT molecular complexity index is 889. The van der Waals surface area contributed by atoms with E-state index in [9.17, 15) is 17.6 Å². The molecule has 0 aliphatic carbocycles. The van der Waals surface area contributed by atoms with Gasteiger partial charge in [-0.3, -0.25) is 4.79 Å². The average Bonchev–Trinajstić information content (AvgIpc) is 2.58. The van der Waals surface area contributed by atoms with Crippen LogP contribution in [0.15, 0.2) is 47.4 Å². The highest BCUT2D eigenvalue weighted by molar-refractivity contribution is 7.89. The summed E-state index contributed by atoms with van der Waals surface area (Å²) in [6.07, 6.45) is 0. The predicted octanol–water partition coefficient (Wildman–Crippen LogP) is 2.34. The lowest BCUT2D eigenvalue weighted by Crippen LogP contribution is -2.29. The predicted molar refractivity (Wildman–Crippen MR) is 92.7 cm³/mol. The molecule has 0 aliphatic heterocycles. The molecule has 0 spiro atoms. The zero-order valence-electron chi connectivity index (χ0n) is 13.2.